The molecular weight excluding hydrogens is 274 g/mol. The summed E-state index contributed by atoms with van der Waals surface area (Å²) in [4.78, 5) is 17.3. The second-order valence-electron chi connectivity index (χ2n) is 5.03. The average molecular weight is 289 g/mol. The molecule has 0 N–H and O–H groups in total. The highest BCUT2D eigenvalue weighted by Crippen LogP contribution is 2.47. The molecule has 0 saturated heterocycles. The number of para-hydroxylation sites is 1. The maximum atomic E-state index is 11.9. The summed E-state index contributed by atoms with van der Waals surface area (Å²) in [5, 5.41) is 0.380. The van der Waals surface area contributed by atoms with E-state index in [1.807, 2.05) is 38.1 Å². The molecule has 5 heteroatoms. The van der Waals surface area contributed by atoms with Crippen LogP contribution in [0.5, 0.6) is 5.75 Å². The standard InChI is InChI=1S/C15H15NO3S/c1-4-18-14(17)13-16-11-9-7-5-6-8-10(9)19-15(2,3)12(11)20-13/h5-8H,4H2,1-3H3. The van der Waals surface area contributed by atoms with E-state index in [0.29, 0.717) is 11.6 Å². The zero-order valence-electron chi connectivity index (χ0n) is 11.6. The summed E-state index contributed by atoms with van der Waals surface area (Å²) < 4.78 is 11.0. The van der Waals surface area contributed by atoms with Crippen molar-refractivity contribution in [3.05, 3.63) is 34.2 Å². The maximum Gasteiger partial charge on any atom is 0.367 e. The number of esters is 1. The van der Waals surface area contributed by atoms with E-state index in [4.69, 9.17) is 9.47 Å². The molecule has 3 rings (SSSR count). The predicted octanol–water partition coefficient (Wildman–Crippen LogP) is 3.61. The third-order valence-corrected chi connectivity index (χ3v) is 4.47. The van der Waals surface area contributed by atoms with Gasteiger partial charge in [-0.25, -0.2) is 9.78 Å². The Bertz CT molecular complexity index is 676. The van der Waals surface area contributed by atoms with Crippen molar-refractivity contribution in [2.24, 2.45) is 0 Å². The average Bonchev–Trinajstić information content (AvgIpc) is 2.85. The van der Waals surface area contributed by atoms with E-state index in [1.54, 1.807) is 6.92 Å². The summed E-state index contributed by atoms with van der Waals surface area (Å²) in [6.07, 6.45) is 0. The Kier molecular flexibility index (Phi) is 3.01. The van der Waals surface area contributed by atoms with Crippen molar-refractivity contribution in [3.8, 4) is 17.0 Å². The lowest BCUT2D eigenvalue weighted by Crippen LogP contribution is -2.27. The summed E-state index contributed by atoms with van der Waals surface area (Å²) in [6, 6.07) is 7.74. The van der Waals surface area contributed by atoms with Crippen LogP contribution in [0.4, 0.5) is 0 Å². The molecular formula is C15H15NO3S. The lowest BCUT2D eigenvalue weighted by molar-refractivity contribution is 0.0526. The number of hydrogen-bond donors (Lipinski definition) is 0. The first-order valence-electron chi connectivity index (χ1n) is 6.50. The Morgan fingerprint density at radius 3 is 2.90 bits per heavy atom. The summed E-state index contributed by atoms with van der Waals surface area (Å²) in [7, 11) is 0. The number of rotatable bonds is 2. The predicted molar refractivity (Wildman–Crippen MR) is 77.2 cm³/mol. The lowest BCUT2D eigenvalue weighted by atomic mass is 9.97. The maximum absolute atomic E-state index is 11.9. The fourth-order valence-corrected chi connectivity index (χ4v) is 3.28. The quantitative estimate of drug-likeness (QED) is 0.792. The van der Waals surface area contributed by atoms with Crippen LogP contribution in [0, 0.1) is 0 Å². The zero-order valence-corrected chi connectivity index (χ0v) is 12.4. The number of ether oxygens (including phenoxy) is 2. The van der Waals surface area contributed by atoms with E-state index in [-0.39, 0.29) is 5.97 Å². The molecule has 0 unspecified atom stereocenters. The van der Waals surface area contributed by atoms with Gasteiger partial charge in [-0.3, -0.25) is 0 Å². The molecule has 2 aromatic rings. The number of hydrogen-bond acceptors (Lipinski definition) is 5. The molecule has 0 saturated carbocycles. The van der Waals surface area contributed by atoms with E-state index in [9.17, 15) is 4.79 Å². The molecule has 4 nitrogen and oxygen atoms in total. The van der Waals surface area contributed by atoms with Crippen LogP contribution in [0.25, 0.3) is 11.3 Å². The molecule has 1 aliphatic rings. The Morgan fingerprint density at radius 2 is 2.15 bits per heavy atom. The molecule has 104 valence electrons. The van der Waals surface area contributed by atoms with Gasteiger partial charge in [0.1, 0.15) is 11.4 Å². The molecule has 0 fully saturated rings. The third-order valence-electron chi connectivity index (χ3n) is 3.13. The summed E-state index contributed by atoms with van der Waals surface area (Å²) in [5.41, 5.74) is 1.25. The van der Waals surface area contributed by atoms with Gasteiger partial charge in [-0.05, 0) is 32.9 Å². The highest BCUT2D eigenvalue weighted by molar-refractivity contribution is 7.14. The largest absolute Gasteiger partial charge is 0.482 e. The number of carbonyl (C=O) groups excluding carboxylic acids is 1. The fraction of sp³-hybridized carbons (Fsp3) is 0.333. The SMILES string of the molecule is CCOC(=O)c1nc2c(s1)C(C)(C)Oc1ccccc1-2. The molecule has 0 bridgehead atoms. The van der Waals surface area contributed by atoms with Crippen LogP contribution in [0.3, 0.4) is 0 Å². The third kappa shape index (κ3) is 1.98. The fourth-order valence-electron chi connectivity index (χ4n) is 2.26. The van der Waals surface area contributed by atoms with Gasteiger partial charge in [0.05, 0.1) is 17.2 Å². The molecule has 2 heterocycles. The number of nitrogens with zero attached hydrogens (tertiary/aromatic N) is 1. The highest BCUT2D eigenvalue weighted by Gasteiger charge is 2.37. The van der Waals surface area contributed by atoms with Gasteiger partial charge in [0.25, 0.3) is 0 Å². The van der Waals surface area contributed by atoms with Crippen molar-refractivity contribution in [2.45, 2.75) is 26.4 Å². The molecule has 1 aromatic heterocycles. The van der Waals surface area contributed by atoms with Gasteiger partial charge in [-0.1, -0.05) is 12.1 Å². The number of carbonyl (C=O) groups is 1. The molecule has 20 heavy (non-hydrogen) atoms. The van der Waals surface area contributed by atoms with Gasteiger partial charge in [0, 0.05) is 5.56 Å². The summed E-state index contributed by atoms with van der Waals surface area (Å²) in [5.74, 6) is 0.422. The summed E-state index contributed by atoms with van der Waals surface area (Å²) in [6.45, 7) is 6.09. The Balaban J connectivity index is 2.15. The van der Waals surface area contributed by atoms with Crippen molar-refractivity contribution in [2.75, 3.05) is 6.61 Å². The minimum atomic E-state index is -0.494. The summed E-state index contributed by atoms with van der Waals surface area (Å²) >= 11 is 1.34. The first-order chi connectivity index (χ1) is 9.53. The lowest BCUT2D eigenvalue weighted by Gasteiger charge is -2.31. The van der Waals surface area contributed by atoms with Gasteiger partial charge >= 0.3 is 5.97 Å². The van der Waals surface area contributed by atoms with Crippen molar-refractivity contribution < 1.29 is 14.3 Å². The van der Waals surface area contributed by atoms with Gasteiger partial charge in [-0.15, -0.1) is 11.3 Å². The van der Waals surface area contributed by atoms with Crippen LogP contribution in [0.1, 0.15) is 35.5 Å². The van der Waals surface area contributed by atoms with Gasteiger partial charge < -0.3 is 9.47 Å². The minimum Gasteiger partial charge on any atom is -0.482 e. The molecule has 0 radical (unpaired) electrons. The number of fused-ring (bicyclic) bond motifs is 3. The van der Waals surface area contributed by atoms with E-state index in [2.05, 4.69) is 4.98 Å². The Morgan fingerprint density at radius 1 is 1.40 bits per heavy atom. The normalized spacial score (nSPS) is 14.9. The second-order valence-corrected chi connectivity index (χ2v) is 6.02. The monoisotopic (exact) mass is 289 g/mol. The second kappa shape index (κ2) is 4.59. The minimum absolute atomic E-state index is 0.347. The molecule has 0 atom stereocenters. The van der Waals surface area contributed by atoms with E-state index in [1.165, 1.54) is 11.3 Å². The molecule has 1 aromatic carbocycles. The van der Waals surface area contributed by atoms with Gasteiger partial charge in [0.2, 0.25) is 5.01 Å². The van der Waals surface area contributed by atoms with Crippen molar-refractivity contribution in [1.82, 2.24) is 4.98 Å². The van der Waals surface area contributed by atoms with E-state index < -0.39 is 5.60 Å². The topological polar surface area (TPSA) is 48.4 Å². The van der Waals surface area contributed by atoms with Crippen LogP contribution in [0.2, 0.25) is 0 Å². The van der Waals surface area contributed by atoms with Gasteiger partial charge in [-0.2, -0.15) is 0 Å². The van der Waals surface area contributed by atoms with Crippen LogP contribution < -0.4 is 4.74 Å². The van der Waals surface area contributed by atoms with Crippen LogP contribution in [-0.2, 0) is 10.3 Å². The first-order valence-corrected chi connectivity index (χ1v) is 7.31. The van der Waals surface area contributed by atoms with Crippen LogP contribution in [-0.4, -0.2) is 17.6 Å². The van der Waals surface area contributed by atoms with Crippen LogP contribution >= 0.6 is 11.3 Å². The number of thiazole rings is 1. The zero-order chi connectivity index (χ0) is 14.3. The molecule has 0 amide bonds. The number of benzene rings is 1. The number of aromatic nitrogens is 1. The van der Waals surface area contributed by atoms with Gasteiger partial charge in [0.15, 0.2) is 0 Å². The molecule has 0 aliphatic carbocycles. The Hall–Kier alpha value is -1.88. The van der Waals surface area contributed by atoms with Crippen molar-refractivity contribution in [1.29, 1.82) is 0 Å². The van der Waals surface area contributed by atoms with E-state index in [0.717, 1.165) is 21.9 Å². The Labute approximate surface area is 121 Å². The first kappa shape index (κ1) is 13.1. The van der Waals surface area contributed by atoms with Crippen LogP contribution in [0.15, 0.2) is 24.3 Å². The van der Waals surface area contributed by atoms with E-state index >= 15 is 0 Å². The smallest absolute Gasteiger partial charge is 0.367 e. The molecule has 1 aliphatic heterocycles. The van der Waals surface area contributed by atoms with Crippen molar-refractivity contribution in [3.63, 3.8) is 0 Å². The van der Waals surface area contributed by atoms with Crippen molar-refractivity contribution >= 4 is 17.3 Å². The molecule has 0 spiro atoms. The highest BCUT2D eigenvalue weighted by atomic mass is 32.1.